The van der Waals surface area contributed by atoms with Gasteiger partial charge in [0.25, 0.3) is 0 Å². The molecule has 0 heterocycles. The van der Waals surface area contributed by atoms with E-state index in [4.69, 9.17) is 10.4 Å². The molecule has 0 radical (unpaired) electrons. The zero-order valence-electron chi connectivity index (χ0n) is 13.7. The molecule has 0 spiro atoms. The number of carboxylic acids is 1. The monoisotopic (exact) mass is 333 g/mol. The van der Waals surface area contributed by atoms with E-state index in [1.165, 1.54) is 12.1 Å². The van der Waals surface area contributed by atoms with Crippen LogP contribution in [0.5, 0.6) is 0 Å². The molecule has 0 amide bonds. The van der Waals surface area contributed by atoms with Crippen LogP contribution in [-0.4, -0.2) is 11.1 Å². The zero-order chi connectivity index (χ0) is 18.0. The van der Waals surface area contributed by atoms with E-state index in [2.05, 4.69) is 6.07 Å². The molecule has 3 aromatic rings. The third-order valence-corrected chi connectivity index (χ3v) is 4.38. The molecule has 25 heavy (non-hydrogen) atoms. The summed E-state index contributed by atoms with van der Waals surface area (Å²) in [5.74, 6) is -1.23. The highest BCUT2D eigenvalue weighted by Gasteiger charge is 2.14. The van der Waals surface area contributed by atoms with Gasteiger partial charge in [0.2, 0.25) is 0 Å². The summed E-state index contributed by atoms with van der Waals surface area (Å²) in [6, 6.07) is 15.7. The maximum atomic E-state index is 13.8. The number of carboxylic acid groups (broad SMARTS) is 1. The number of carbonyl (C=O) groups is 1. The summed E-state index contributed by atoms with van der Waals surface area (Å²) in [6.07, 6.45) is 0.430. The van der Waals surface area contributed by atoms with Crippen LogP contribution in [0, 0.1) is 24.1 Å². The van der Waals surface area contributed by atoms with E-state index in [1.54, 1.807) is 18.2 Å². The molecule has 0 aromatic heterocycles. The van der Waals surface area contributed by atoms with Crippen LogP contribution < -0.4 is 0 Å². The van der Waals surface area contributed by atoms with Crippen LogP contribution in [0.4, 0.5) is 4.39 Å². The molecule has 0 aliphatic heterocycles. The van der Waals surface area contributed by atoms with Crippen LogP contribution in [0.1, 0.15) is 27.8 Å². The van der Waals surface area contributed by atoms with Gasteiger partial charge in [0, 0.05) is 0 Å². The van der Waals surface area contributed by atoms with E-state index in [-0.39, 0.29) is 12.2 Å². The first-order valence-electron chi connectivity index (χ1n) is 7.89. The zero-order valence-corrected chi connectivity index (χ0v) is 13.7. The highest BCUT2D eigenvalue weighted by atomic mass is 19.1. The quantitative estimate of drug-likeness (QED) is 0.771. The summed E-state index contributed by atoms with van der Waals surface area (Å²) in [5.41, 5.74) is 3.96. The lowest BCUT2D eigenvalue weighted by atomic mass is 9.89. The Morgan fingerprint density at radius 3 is 2.72 bits per heavy atom. The van der Waals surface area contributed by atoms with Crippen LogP contribution in [0.15, 0.2) is 48.5 Å². The molecule has 0 saturated heterocycles. The Bertz CT molecular complexity index is 1020. The number of nitriles is 1. The van der Waals surface area contributed by atoms with Crippen molar-refractivity contribution in [1.82, 2.24) is 0 Å². The number of nitrogens with zero attached hydrogens (tertiary/aromatic N) is 1. The molecule has 0 saturated carbocycles. The van der Waals surface area contributed by atoms with Crippen molar-refractivity contribution in [1.29, 1.82) is 5.26 Å². The number of hydrogen-bond acceptors (Lipinski definition) is 2. The number of halogens is 1. The van der Waals surface area contributed by atoms with Crippen LogP contribution in [0.25, 0.3) is 10.8 Å². The van der Waals surface area contributed by atoms with Gasteiger partial charge in [-0.2, -0.15) is 5.26 Å². The Labute approximate surface area is 145 Å². The van der Waals surface area contributed by atoms with Gasteiger partial charge in [0.15, 0.2) is 0 Å². The number of rotatable bonds is 4. The third-order valence-electron chi connectivity index (χ3n) is 4.38. The largest absolute Gasteiger partial charge is 0.481 e. The highest BCUT2D eigenvalue weighted by molar-refractivity contribution is 5.89. The second-order valence-corrected chi connectivity index (χ2v) is 6.06. The van der Waals surface area contributed by atoms with E-state index in [1.807, 2.05) is 25.1 Å². The molecule has 0 atom stereocenters. The van der Waals surface area contributed by atoms with E-state index in [0.717, 1.165) is 33.0 Å². The lowest BCUT2D eigenvalue weighted by molar-refractivity contribution is -0.136. The Kier molecular flexibility index (Phi) is 4.49. The van der Waals surface area contributed by atoms with Crippen LogP contribution in [0.2, 0.25) is 0 Å². The fraction of sp³-hybridized carbons (Fsp3) is 0.143. The number of aliphatic carboxylic acids is 1. The van der Waals surface area contributed by atoms with Crippen molar-refractivity contribution in [3.05, 3.63) is 82.2 Å². The molecule has 0 bridgehead atoms. The molecule has 0 fully saturated rings. The molecular formula is C21H16FNO2. The van der Waals surface area contributed by atoms with E-state index < -0.39 is 5.97 Å². The Hall–Kier alpha value is -3.19. The van der Waals surface area contributed by atoms with Gasteiger partial charge >= 0.3 is 5.97 Å². The van der Waals surface area contributed by atoms with E-state index in [0.29, 0.717) is 12.0 Å². The van der Waals surface area contributed by atoms with Crippen LogP contribution in [0.3, 0.4) is 0 Å². The summed E-state index contributed by atoms with van der Waals surface area (Å²) in [7, 11) is 0. The number of hydrogen-bond donors (Lipinski definition) is 1. The first kappa shape index (κ1) is 16.7. The van der Waals surface area contributed by atoms with Crippen LogP contribution in [-0.2, 0) is 17.6 Å². The molecule has 0 aliphatic carbocycles. The lowest BCUT2D eigenvalue weighted by Crippen LogP contribution is -2.05. The van der Waals surface area contributed by atoms with Crippen molar-refractivity contribution in [3.8, 4) is 6.07 Å². The predicted molar refractivity (Wildman–Crippen MR) is 93.9 cm³/mol. The minimum Gasteiger partial charge on any atom is -0.481 e. The summed E-state index contributed by atoms with van der Waals surface area (Å²) < 4.78 is 13.8. The number of fused-ring (bicyclic) bond motifs is 1. The maximum Gasteiger partial charge on any atom is 0.307 e. The molecule has 0 aliphatic rings. The van der Waals surface area contributed by atoms with Crippen molar-refractivity contribution in [2.24, 2.45) is 0 Å². The van der Waals surface area contributed by atoms with Gasteiger partial charge < -0.3 is 5.11 Å². The second-order valence-electron chi connectivity index (χ2n) is 6.06. The smallest absolute Gasteiger partial charge is 0.307 e. The molecule has 4 heteroatoms. The summed E-state index contributed by atoms with van der Waals surface area (Å²) in [6.45, 7) is 1.87. The van der Waals surface area contributed by atoms with Crippen LogP contribution >= 0.6 is 0 Å². The van der Waals surface area contributed by atoms with E-state index >= 15 is 0 Å². The summed E-state index contributed by atoms with van der Waals surface area (Å²) >= 11 is 0. The standard InChI is InChI=1S/C21H16FNO2/c1-13-17(10-21(24)25)9-16-5-6-18(22)11-20(16)19(13)8-14-3-2-4-15(7-14)12-23/h2-7,9,11H,8,10H2,1H3,(H,24,25). The molecular weight excluding hydrogens is 317 g/mol. The van der Waals surface area contributed by atoms with Crippen molar-refractivity contribution >= 4 is 16.7 Å². The second kappa shape index (κ2) is 6.74. The fourth-order valence-electron chi connectivity index (χ4n) is 3.14. The molecule has 1 N–H and O–H groups in total. The van der Waals surface area contributed by atoms with Gasteiger partial charge in [-0.3, -0.25) is 4.79 Å². The lowest BCUT2D eigenvalue weighted by Gasteiger charge is -2.15. The Morgan fingerprint density at radius 1 is 1.20 bits per heavy atom. The van der Waals surface area contributed by atoms with Gasteiger partial charge in [0.05, 0.1) is 18.1 Å². The molecule has 3 aromatic carbocycles. The Morgan fingerprint density at radius 2 is 2.00 bits per heavy atom. The Balaban J connectivity index is 2.19. The van der Waals surface area contributed by atoms with Gasteiger partial charge in [-0.05, 0) is 70.6 Å². The van der Waals surface area contributed by atoms with Gasteiger partial charge in [-0.15, -0.1) is 0 Å². The van der Waals surface area contributed by atoms with Crippen molar-refractivity contribution in [2.75, 3.05) is 0 Å². The molecule has 3 rings (SSSR count). The summed E-state index contributed by atoms with van der Waals surface area (Å²) in [5, 5.41) is 19.8. The van der Waals surface area contributed by atoms with Gasteiger partial charge in [-0.25, -0.2) is 4.39 Å². The fourth-order valence-corrected chi connectivity index (χ4v) is 3.14. The first-order valence-corrected chi connectivity index (χ1v) is 7.89. The minimum atomic E-state index is -0.901. The average molecular weight is 333 g/mol. The topological polar surface area (TPSA) is 61.1 Å². The molecule has 3 nitrogen and oxygen atoms in total. The number of benzene rings is 3. The van der Waals surface area contributed by atoms with Crippen molar-refractivity contribution in [2.45, 2.75) is 19.8 Å². The van der Waals surface area contributed by atoms with Crippen molar-refractivity contribution < 1.29 is 14.3 Å². The first-order chi connectivity index (χ1) is 12.0. The molecule has 0 unspecified atom stereocenters. The van der Waals surface area contributed by atoms with Gasteiger partial charge in [-0.1, -0.05) is 24.3 Å². The third kappa shape index (κ3) is 3.51. The predicted octanol–water partition coefficient (Wildman–Crippen LogP) is 4.38. The van der Waals surface area contributed by atoms with Gasteiger partial charge in [0.1, 0.15) is 5.82 Å². The highest BCUT2D eigenvalue weighted by Crippen LogP contribution is 2.29. The molecule has 124 valence electrons. The maximum absolute atomic E-state index is 13.8. The normalized spacial score (nSPS) is 10.6. The SMILES string of the molecule is Cc1c(CC(=O)O)cc2ccc(F)cc2c1Cc1cccc(C#N)c1. The average Bonchev–Trinajstić information content (AvgIpc) is 2.59. The van der Waals surface area contributed by atoms with Crippen molar-refractivity contribution in [3.63, 3.8) is 0 Å². The van der Waals surface area contributed by atoms with E-state index in [9.17, 15) is 9.18 Å². The minimum absolute atomic E-state index is 0.0790. The summed E-state index contributed by atoms with van der Waals surface area (Å²) in [4.78, 5) is 11.2.